The highest BCUT2D eigenvalue weighted by Crippen LogP contribution is 2.25. The minimum absolute atomic E-state index is 0.0563. The molecule has 1 heterocycles. The van der Waals surface area contributed by atoms with Crippen LogP contribution in [0.3, 0.4) is 0 Å². The van der Waals surface area contributed by atoms with Gasteiger partial charge in [-0.2, -0.15) is 0 Å². The Hall–Kier alpha value is -1.20. The Morgan fingerprint density at radius 2 is 2.24 bits per heavy atom. The van der Waals surface area contributed by atoms with E-state index in [1.807, 2.05) is 11.6 Å². The van der Waals surface area contributed by atoms with Crippen molar-refractivity contribution in [3.8, 4) is 11.4 Å². The number of aromatic nitrogens is 2. The molecule has 2 aromatic rings. The normalized spacial score (nSPS) is 10.8. The van der Waals surface area contributed by atoms with Gasteiger partial charge in [-0.25, -0.2) is 9.37 Å². The Balaban J connectivity index is 2.50. The van der Waals surface area contributed by atoms with Crippen molar-refractivity contribution in [2.75, 3.05) is 6.61 Å². The van der Waals surface area contributed by atoms with E-state index in [9.17, 15) is 4.39 Å². The van der Waals surface area contributed by atoms with Gasteiger partial charge in [-0.1, -0.05) is 12.1 Å². The predicted molar refractivity (Wildman–Crippen MR) is 67.1 cm³/mol. The molecule has 0 fully saturated rings. The summed E-state index contributed by atoms with van der Waals surface area (Å²) in [5.41, 5.74) is 1.61. The van der Waals surface area contributed by atoms with Gasteiger partial charge in [-0.3, -0.25) is 0 Å². The summed E-state index contributed by atoms with van der Waals surface area (Å²) in [6, 6.07) is 6.30. The third-order valence-corrected chi connectivity index (χ3v) is 3.23. The summed E-state index contributed by atoms with van der Waals surface area (Å²) >= 11 is 3.35. The van der Waals surface area contributed by atoms with Gasteiger partial charge in [0, 0.05) is 25.6 Å². The topological polar surface area (TPSA) is 38.0 Å². The number of imidazole rings is 1. The Morgan fingerprint density at radius 3 is 2.88 bits per heavy atom. The monoisotopic (exact) mass is 298 g/mol. The molecule has 0 spiro atoms. The van der Waals surface area contributed by atoms with Crippen LogP contribution < -0.4 is 0 Å². The van der Waals surface area contributed by atoms with Crippen LogP contribution >= 0.6 is 15.9 Å². The van der Waals surface area contributed by atoms with Crippen LogP contribution in [0.4, 0.5) is 4.39 Å². The van der Waals surface area contributed by atoms with Crippen molar-refractivity contribution in [1.82, 2.24) is 9.55 Å². The van der Waals surface area contributed by atoms with Crippen molar-refractivity contribution in [2.45, 2.75) is 6.42 Å². The minimum Gasteiger partial charge on any atom is -0.396 e. The molecule has 0 saturated heterocycles. The van der Waals surface area contributed by atoms with E-state index in [2.05, 4.69) is 20.9 Å². The molecule has 0 saturated carbocycles. The summed E-state index contributed by atoms with van der Waals surface area (Å²) in [5.74, 6) is 0.394. The van der Waals surface area contributed by atoms with E-state index in [1.54, 1.807) is 12.1 Å². The summed E-state index contributed by atoms with van der Waals surface area (Å²) in [6.45, 7) is 0.0563. The third kappa shape index (κ3) is 2.40. The Bertz CT molecular complexity index is 539. The lowest BCUT2D eigenvalue weighted by atomic mass is 10.2. The number of aliphatic hydroxyl groups is 1. The Labute approximate surface area is 107 Å². The van der Waals surface area contributed by atoms with Crippen molar-refractivity contribution in [3.05, 3.63) is 40.4 Å². The summed E-state index contributed by atoms with van der Waals surface area (Å²) in [6.07, 6.45) is 0.513. The molecule has 2 rings (SSSR count). The molecule has 0 aliphatic carbocycles. The maximum absolute atomic E-state index is 13.2. The lowest BCUT2D eigenvalue weighted by Crippen LogP contribution is -2.01. The molecular formula is C12H12BrFN2O. The van der Waals surface area contributed by atoms with Gasteiger partial charge in [0.25, 0.3) is 0 Å². The molecular weight excluding hydrogens is 287 g/mol. The van der Waals surface area contributed by atoms with Crippen LogP contribution in [0.2, 0.25) is 0 Å². The first-order valence-corrected chi connectivity index (χ1v) is 6.00. The first-order valence-electron chi connectivity index (χ1n) is 5.21. The van der Waals surface area contributed by atoms with Gasteiger partial charge in [0.2, 0.25) is 0 Å². The standard InChI is InChI=1S/C12H12BrFN2O/c1-16-10(5-6-17)11(13)15-12(16)8-3-2-4-9(14)7-8/h2-4,7,17H,5-6H2,1H3. The largest absolute Gasteiger partial charge is 0.396 e. The van der Waals surface area contributed by atoms with Crippen molar-refractivity contribution >= 4 is 15.9 Å². The predicted octanol–water partition coefficient (Wildman–Crippen LogP) is 2.52. The number of hydrogen-bond donors (Lipinski definition) is 1. The van der Waals surface area contributed by atoms with Gasteiger partial charge in [0.1, 0.15) is 16.2 Å². The molecule has 0 unspecified atom stereocenters. The number of halogens is 2. The van der Waals surface area contributed by atoms with Crippen LogP contribution in [0, 0.1) is 5.82 Å². The zero-order chi connectivity index (χ0) is 12.4. The zero-order valence-electron chi connectivity index (χ0n) is 9.32. The summed E-state index contributed by atoms with van der Waals surface area (Å²) in [4.78, 5) is 4.34. The van der Waals surface area contributed by atoms with Gasteiger partial charge in [0.05, 0.1) is 5.69 Å². The van der Waals surface area contributed by atoms with Gasteiger partial charge < -0.3 is 9.67 Å². The lowest BCUT2D eigenvalue weighted by Gasteiger charge is -2.05. The Morgan fingerprint density at radius 1 is 1.47 bits per heavy atom. The van der Waals surface area contributed by atoms with Crippen LogP contribution in [0.1, 0.15) is 5.69 Å². The van der Waals surface area contributed by atoms with E-state index >= 15 is 0 Å². The van der Waals surface area contributed by atoms with Crippen LogP contribution in [0.25, 0.3) is 11.4 Å². The smallest absolute Gasteiger partial charge is 0.141 e. The van der Waals surface area contributed by atoms with Gasteiger partial charge in [-0.15, -0.1) is 0 Å². The SMILES string of the molecule is Cn1c(-c2cccc(F)c2)nc(Br)c1CCO. The molecule has 17 heavy (non-hydrogen) atoms. The molecule has 0 bridgehead atoms. The van der Waals surface area contributed by atoms with Gasteiger partial charge >= 0.3 is 0 Å². The number of benzene rings is 1. The van der Waals surface area contributed by atoms with E-state index in [-0.39, 0.29) is 12.4 Å². The van der Waals surface area contributed by atoms with Crippen molar-refractivity contribution < 1.29 is 9.50 Å². The number of aliphatic hydroxyl groups excluding tert-OH is 1. The van der Waals surface area contributed by atoms with Gasteiger partial charge in [-0.05, 0) is 28.1 Å². The van der Waals surface area contributed by atoms with Crippen LogP contribution in [-0.4, -0.2) is 21.3 Å². The highest BCUT2D eigenvalue weighted by molar-refractivity contribution is 9.10. The highest BCUT2D eigenvalue weighted by atomic mass is 79.9. The van der Waals surface area contributed by atoms with Gasteiger partial charge in [0.15, 0.2) is 0 Å². The molecule has 0 radical (unpaired) electrons. The van der Waals surface area contributed by atoms with Crippen LogP contribution in [-0.2, 0) is 13.5 Å². The average Bonchev–Trinajstić information content (AvgIpc) is 2.57. The number of nitrogens with zero attached hydrogens (tertiary/aromatic N) is 2. The first-order chi connectivity index (χ1) is 8.13. The molecule has 1 N–H and O–H groups in total. The maximum atomic E-state index is 13.2. The fourth-order valence-corrected chi connectivity index (χ4v) is 2.39. The van der Waals surface area contributed by atoms with Crippen LogP contribution in [0.5, 0.6) is 0 Å². The second kappa shape index (κ2) is 4.98. The molecule has 1 aromatic carbocycles. The molecule has 1 aromatic heterocycles. The molecule has 0 aliphatic rings. The van der Waals surface area contributed by atoms with Crippen LogP contribution in [0.15, 0.2) is 28.9 Å². The second-order valence-electron chi connectivity index (χ2n) is 3.72. The van der Waals surface area contributed by atoms with E-state index in [0.717, 1.165) is 11.3 Å². The van der Waals surface area contributed by atoms with E-state index in [1.165, 1.54) is 12.1 Å². The second-order valence-corrected chi connectivity index (χ2v) is 4.47. The average molecular weight is 299 g/mol. The summed E-state index contributed by atoms with van der Waals surface area (Å²) in [5, 5.41) is 8.97. The Kier molecular flexibility index (Phi) is 3.59. The minimum atomic E-state index is -0.287. The van der Waals surface area contributed by atoms with E-state index < -0.39 is 0 Å². The molecule has 90 valence electrons. The van der Waals surface area contributed by atoms with Crippen molar-refractivity contribution in [3.63, 3.8) is 0 Å². The molecule has 0 atom stereocenters. The van der Waals surface area contributed by atoms with E-state index in [4.69, 9.17) is 5.11 Å². The molecule has 5 heteroatoms. The summed E-state index contributed by atoms with van der Waals surface area (Å²) < 4.78 is 15.7. The van der Waals surface area contributed by atoms with Crippen molar-refractivity contribution in [2.24, 2.45) is 7.05 Å². The third-order valence-electron chi connectivity index (χ3n) is 2.60. The molecule has 0 aliphatic heterocycles. The highest BCUT2D eigenvalue weighted by Gasteiger charge is 2.13. The van der Waals surface area contributed by atoms with E-state index in [0.29, 0.717) is 16.8 Å². The molecule has 0 amide bonds. The lowest BCUT2D eigenvalue weighted by molar-refractivity contribution is 0.296. The first kappa shape index (κ1) is 12.3. The maximum Gasteiger partial charge on any atom is 0.141 e. The zero-order valence-corrected chi connectivity index (χ0v) is 10.9. The van der Waals surface area contributed by atoms with Crippen molar-refractivity contribution in [1.29, 1.82) is 0 Å². The fraction of sp³-hybridized carbons (Fsp3) is 0.250. The quantitative estimate of drug-likeness (QED) is 0.945. The molecule has 3 nitrogen and oxygen atoms in total. The fourth-order valence-electron chi connectivity index (χ4n) is 1.76. The number of rotatable bonds is 3. The number of hydrogen-bond acceptors (Lipinski definition) is 2. The summed E-state index contributed by atoms with van der Waals surface area (Å²) in [7, 11) is 1.85.